The van der Waals surface area contributed by atoms with Crippen LogP contribution in [0.2, 0.25) is 0 Å². The van der Waals surface area contributed by atoms with Crippen molar-refractivity contribution in [2.75, 3.05) is 13.1 Å². The third kappa shape index (κ3) is 4.70. The summed E-state index contributed by atoms with van der Waals surface area (Å²) < 4.78 is 4.11. The molecule has 0 saturated heterocycles. The lowest BCUT2D eigenvalue weighted by Gasteiger charge is -2.06. The normalized spacial score (nSPS) is 10.5. The molecule has 3 aromatic rings. The van der Waals surface area contributed by atoms with Crippen LogP contribution in [0.1, 0.15) is 16.8 Å². The molecule has 6 N–H and O–H groups in total. The molecule has 3 rings (SSSR count). The van der Waals surface area contributed by atoms with Crippen LogP contribution in [0.5, 0.6) is 11.5 Å². The number of halogens is 1. The van der Waals surface area contributed by atoms with Gasteiger partial charge in [0.2, 0.25) is 5.78 Å². The zero-order valence-corrected chi connectivity index (χ0v) is 17.3. The van der Waals surface area contributed by atoms with Crippen molar-refractivity contribution in [3.63, 3.8) is 0 Å². The molecule has 0 spiro atoms. The Bertz CT molecular complexity index is 1170. The number of nitrogens with two attached hydrogens (primary N) is 1. The summed E-state index contributed by atoms with van der Waals surface area (Å²) in [6, 6.07) is 3.98. The Morgan fingerprint density at radius 1 is 1.13 bits per heavy atom. The average Bonchev–Trinajstić information content (AvgIpc) is 3.10. The largest absolute Gasteiger partial charge is 1.00 e. The third-order valence-electron chi connectivity index (χ3n) is 4.65. The minimum absolute atomic E-state index is 0. The van der Waals surface area contributed by atoms with E-state index in [1.807, 2.05) is 5.32 Å². The summed E-state index contributed by atoms with van der Waals surface area (Å²) in [4.78, 5) is 40.6. The van der Waals surface area contributed by atoms with Crippen LogP contribution in [0.4, 0.5) is 0 Å². The first-order valence-corrected chi connectivity index (χ1v) is 8.79. The van der Waals surface area contributed by atoms with E-state index in [0.717, 1.165) is 4.57 Å². The summed E-state index contributed by atoms with van der Waals surface area (Å²) in [7, 11) is 3.00. The lowest BCUT2D eigenvalue weighted by Crippen LogP contribution is -3.00. The monoisotopic (exact) mass is 441 g/mol. The molecule has 0 fully saturated rings. The Balaban J connectivity index is 0.00000225. The topological polar surface area (TPSA) is 167 Å². The maximum absolute atomic E-state index is 12.4. The first kappa shape index (κ1) is 24.9. The number of phenols is 2. The number of carbonyl (C=O) groups is 1. The van der Waals surface area contributed by atoms with Crippen LogP contribution in [0, 0.1) is 0 Å². The maximum Gasteiger partial charge on any atom is 0.332 e. The van der Waals surface area contributed by atoms with Crippen molar-refractivity contribution in [1.29, 1.82) is 0 Å². The number of nitrogens with zero attached hydrogens (tertiary/aromatic N) is 4. The maximum atomic E-state index is 12.4. The van der Waals surface area contributed by atoms with Gasteiger partial charge in [-0.3, -0.25) is 18.7 Å². The molecule has 12 heteroatoms. The lowest BCUT2D eigenvalue weighted by molar-refractivity contribution is -0.643. The van der Waals surface area contributed by atoms with E-state index in [4.69, 9.17) is 0 Å². The molecule has 164 valence electrons. The number of Topliss-reactive ketones (excluding diaryl/α,β-unsaturated/α-hetero) is 1. The number of ketones is 1. The minimum atomic E-state index is -0.421. The summed E-state index contributed by atoms with van der Waals surface area (Å²) in [5.74, 6) is -0.752. The van der Waals surface area contributed by atoms with Crippen molar-refractivity contribution < 1.29 is 38.2 Å². The first-order chi connectivity index (χ1) is 13.3. The molecule has 1 aromatic carbocycles. The number of fused-ring (bicyclic) bond motifs is 1. The molecule has 0 bridgehead atoms. The fraction of sp³-hybridized carbons (Fsp3) is 0.333. The SMILES string of the molecule is Cn1c(=O)c2c(ncn2CCC[NH2+]CC(=O)c2ccc(O)c(O)c2)n(C)c1=O.O.[Cl-]. The van der Waals surface area contributed by atoms with E-state index in [1.165, 1.54) is 36.1 Å². The Hall–Kier alpha value is -3.15. The molecule has 0 aliphatic carbocycles. The van der Waals surface area contributed by atoms with Gasteiger partial charge in [-0.05, 0) is 18.2 Å². The van der Waals surface area contributed by atoms with Crippen LogP contribution in [0.3, 0.4) is 0 Å². The number of aryl methyl sites for hydroxylation is 2. The van der Waals surface area contributed by atoms with Crippen molar-refractivity contribution in [2.24, 2.45) is 14.1 Å². The molecule has 0 saturated carbocycles. The number of rotatable bonds is 7. The number of phenolic OH excluding ortho intramolecular Hbond substituents is 2. The van der Waals surface area contributed by atoms with Crippen LogP contribution in [-0.2, 0) is 20.6 Å². The highest BCUT2D eigenvalue weighted by Gasteiger charge is 2.14. The van der Waals surface area contributed by atoms with Crippen LogP contribution in [0.25, 0.3) is 11.2 Å². The van der Waals surface area contributed by atoms with Gasteiger partial charge in [0.25, 0.3) is 5.56 Å². The van der Waals surface area contributed by atoms with Crippen LogP contribution < -0.4 is 29.0 Å². The molecule has 0 atom stereocenters. The summed E-state index contributed by atoms with van der Waals surface area (Å²) in [5.41, 5.74) is 0.243. The number of carbonyl (C=O) groups excluding carboxylic acids is 1. The summed E-state index contributed by atoms with van der Waals surface area (Å²) >= 11 is 0. The van der Waals surface area contributed by atoms with Crippen LogP contribution in [0.15, 0.2) is 34.1 Å². The summed E-state index contributed by atoms with van der Waals surface area (Å²) in [5, 5.41) is 20.6. The molecule has 2 heterocycles. The van der Waals surface area contributed by atoms with E-state index in [2.05, 4.69) is 4.98 Å². The molecule has 0 aliphatic rings. The van der Waals surface area contributed by atoms with Crippen LogP contribution in [-0.4, -0.2) is 53.2 Å². The molecule has 0 radical (unpaired) electrons. The predicted molar refractivity (Wildman–Crippen MR) is 104 cm³/mol. The number of hydrogen-bond donors (Lipinski definition) is 3. The van der Waals surface area contributed by atoms with Gasteiger partial charge in [-0.15, -0.1) is 0 Å². The van der Waals surface area contributed by atoms with Gasteiger partial charge in [0.1, 0.15) is 6.54 Å². The fourth-order valence-electron chi connectivity index (χ4n) is 3.02. The Morgan fingerprint density at radius 3 is 2.50 bits per heavy atom. The molecule has 0 aliphatic heterocycles. The van der Waals surface area contributed by atoms with Gasteiger partial charge in [0, 0.05) is 32.6 Å². The van der Waals surface area contributed by atoms with Crippen molar-refractivity contribution in [1.82, 2.24) is 18.7 Å². The molecule has 0 amide bonds. The molecule has 11 nitrogen and oxygen atoms in total. The van der Waals surface area contributed by atoms with E-state index in [1.54, 1.807) is 11.6 Å². The smallest absolute Gasteiger partial charge is 0.332 e. The van der Waals surface area contributed by atoms with Crippen molar-refractivity contribution in [3.05, 3.63) is 50.9 Å². The van der Waals surface area contributed by atoms with E-state index in [9.17, 15) is 24.6 Å². The average molecular weight is 442 g/mol. The van der Waals surface area contributed by atoms with Gasteiger partial charge >= 0.3 is 5.69 Å². The van der Waals surface area contributed by atoms with Gasteiger partial charge in [-0.1, -0.05) is 0 Å². The molecule has 0 unspecified atom stereocenters. The second kappa shape index (κ2) is 10.1. The Labute approximate surface area is 176 Å². The highest BCUT2D eigenvalue weighted by Crippen LogP contribution is 2.24. The summed E-state index contributed by atoms with van der Waals surface area (Å²) in [6.07, 6.45) is 2.22. The molecular weight excluding hydrogens is 418 g/mol. The quantitative estimate of drug-likeness (QED) is 0.188. The number of hydrogen-bond acceptors (Lipinski definition) is 6. The zero-order chi connectivity index (χ0) is 20.4. The minimum Gasteiger partial charge on any atom is -1.00 e. The predicted octanol–water partition coefficient (Wildman–Crippen LogP) is -5.14. The first-order valence-electron chi connectivity index (χ1n) is 8.79. The summed E-state index contributed by atoms with van der Waals surface area (Å²) in [6.45, 7) is 1.36. The van der Waals surface area contributed by atoms with Crippen molar-refractivity contribution in [2.45, 2.75) is 13.0 Å². The van der Waals surface area contributed by atoms with Crippen molar-refractivity contribution >= 4 is 16.9 Å². The lowest BCUT2D eigenvalue weighted by atomic mass is 10.1. The van der Waals surface area contributed by atoms with Crippen LogP contribution >= 0.6 is 0 Å². The third-order valence-corrected chi connectivity index (χ3v) is 4.65. The Kier molecular flexibility index (Phi) is 8.34. The van der Waals surface area contributed by atoms with Crippen molar-refractivity contribution in [3.8, 4) is 11.5 Å². The number of benzene rings is 1. The number of quaternary nitrogens is 1. The van der Waals surface area contributed by atoms with E-state index >= 15 is 0 Å². The number of aromatic nitrogens is 4. The molecular formula is C18H24ClN5O6. The highest BCUT2D eigenvalue weighted by molar-refractivity contribution is 5.97. The van der Waals surface area contributed by atoms with Gasteiger partial charge in [0.15, 0.2) is 22.7 Å². The number of imidazole rings is 1. The van der Waals surface area contributed by atoms with E-state index in [-0.39, 0.29) is 47.3 Å². The van der Waals surface area contributed by atoms with Gasteiger partial charge in [-0.2, -0.15) is 0 Å². The molecule has 30 heavy (non-hydrogen) atoms. The highest BCUT2D eigenvalue weighted by atomic mass is 35.5. The van der Waals surface area contributed by atoms with E-state index < -0.39 is 5.69 Å². The van der Waals surface area contributed by atoms with Gasteiger partial charge in [-0.25, -0.2) is 9.78 Å². The number of aromatic hydroxyl groups is 2. The Morgan fingerprint density at radius 2 is 1.83 bits per heavy atom. The second-order valence-corrected chi connectivity index (χ2v) is 6.58. The molecule has 2 aromatic heterocycles. The second-order valence-electron chi connectivity index (χ2n) is 6.58. The zero-order valence-electron chi connectivity index (χ0n) is 16.5. The van der Waals surface area contributed by atoms with E-state index in [0.29, 0.717) is 36.2 Å². The standard InChI is InChI=1S/C18H21N5O5.ClH.H2O/c1-21-16-15(17(27)22(2)18(21)28)23(10-20-16)7-3-6-19-9-14(26)11-4-5-12(24)13(25)8-11;;/h4-5,8,10,19,24-25H,3,6-7,9H2,1-2H3;1H;1H2. The van der Waals surface area contributed by atoms with Gasteiger partial charge in [0.05, 0.1) is 12.9 Å². The fourth-order valence-corrected chi connectivity index (χ4v) is 3.02. The van der Waals surface area contributed by atoms with Gasteiger partial charge < -0.3 is 38.0 Å².